The average molecular weight is 539 g/mol. The summed E-state index contributed by atoms with van der Waals surface area (Å²) in [7, 11) is -4.01. The number of amides is 1. The van der Waals surface area contributed by atoms with Gasteiger partial charge in [0.2, 0.25) is 5.84 Å². The number of aliphatic imine (C=N–C) groups is 1. The lowest BCUT2D eigenvalue weighted by Gasteiger charge is -2.19. The van der Waals surface area contributed by atoms with Crippen LogP contribution >= 0.6 is 22.6 Å². The molecular weight excluding hydrogens is 526 g/mol. The Morgan fingerprint density at radius 2 is 1.97 bits per heavy atom. The quantitative estimate of drug-likeness (QED) is 0.520. The van der Waals surface area contributed by atoms with E-state index in [2.05, 4.69) is 10.3 Å². The van der Waals surface area contributed by atoms with Crippen LogP contribution in [-0.4, -0.2) is 31.8 Å². The van der Waals surface area contributed by atoms with E-state index < -0.39 is 46.2 Å². The van der Waals surface area contributed by atoms with Crippen molar-refractivity contribution in [2.24, 2.45) is 4.99 Å². The number of sulfonamides is 1. The summed E-state index contributed by atoms with van der Waals surface area (Å²) in [5.74, 6) is -1.43. The van der Waals surface area contributed by atoms with Gasteiger partial charge >= 0.3 is 6.18 Å². The molecule has 1 amide bonds. The summed E-state index contributed by atoms with van der Waals surface area (Å²) in [4.78, 5) is 16.1. The van der Waals surface area contributed by atoms with Crippen LogP contribution in [0.4, 0.5) is 18.9 Å². The topological polar surface area (TPSA) is 108 Å². The predicted octanol–water partition coefficient (Wildman–Crippen LogP) is 2.48. The van der Waals surface area contributed by atoms with Crippen LogP contribution in [0.2, 0.25) is 0 Å². The molecule has 154 valence electrons. The fourth-order valence-corrected chi connectivity index (χ4v) is 4.41. The summed E-state index contributed by atoms with van der Waals surface area (Å²) >= 11 is 1.94. The van der Waals surface area contributed by atoms with Gasteiger partial charge in [0, 0.05) is 10.1 Å². The molecule has 0 fully saturated rings. The van der Waals surface area contributed by atoms with Gasteiger partial charge in [0.1, 0.15) is 4.90 Å². The van der Waals surface area contributed by atoms with Gasteiger partial charge in [0.05, 0.1) is 17.4 Å². The van der Waals surface area contributed by atoms with Crippen LogP contribution < -0.4 is 10.0 Å². The normalized spacial score (nSPS) is 16.2. The lowest BCUT2D eigenvalue weighted by molar-refractivity contribution is -0.137. The van der Waals surface area contributed by atoms with E-state index in [1.165, 1.54) is 18.2 Å². The molecule has 12 heteroatoms. The van der Waals surface area contributed by atoms with E-state index >= 15 is 0 Å². The second kappa shape index (κ2) is 7.91. The molecule has 0 radical (unpaired) electrons. The van der Waals surface area contributed by atoms with E-state index in [9.17, 15) is 31.5 Å². The second-order valence-electron chi connectivity index (χ2n) is 6.03. The maximum atomic E-state index is 12.8. The van der Waals surface area contributed by atoms with Crippen molar-refractivity contribution in [3.05, 3.63) is 57.2 Å². The molecule has 1 heterocycles. The molecule has 1 atom stereocenters. The van der Waals surface area contributed by atoms with Gasteiger partial charge in [-0.25, -0.2) is 13.4 Å². The Balaban J connectivity index is 1.74. The van der Waals surface area contributed by atoms with E-state index in [0.717, 1.165) is 18.2 Å². The third-order valence-corrected chi connectivity index (χ3v) is 5.98. The van der Waals surface area contributed by atoms with Crippen molar-refractivity contribution >= 4 is 50.0 Å². The van der Waals surface area contributed by atoms with E-state index in [4.69, 9.17) is 0 Å². The van der Waals surface area contributed by atoms with Crippen LogP contribution in [-0.2, 0) is 21.0 Å². The van der Waals surface area contributed by atoms with Crippen LogP contribution in [0.3, 0.4) is 0 Å². The zero-order valence-corrected chi connectivity index (χ0v) is 17.3. The Hall–Kier alpha value is -2.19. The number of hydrogen-bond acceptors (Lipinski definition) is 5. The number of hydrogen-bond donors (Lipinski definition) is 3. The highest BCUT2D eigenvalue weighted by Gasteiger charge is 2.31. The zero-order valence-electron chi connectivity index (χ0n) is 14.4. The van der Waals surface area contributed by atoms with E-state index in [-0.39, 0.29) is 16.1 Å². The summed E-state index contributed by atoms with van der Waals surface area (Å²) in [5.41, 5.74) is -0.907. The van der Waals surface area contributed by atoms with E-state index in [1.807, 2.05) is 27.3 Å². The van der Waals surface area contributed by atoms with Crippen LogP contribution in [0, 0.1) is 3.57 Å². The molecule has 0 spiro atoms. The van der Waals surface area contributed by atoms with Crippen molar-refractivity contribution in [3.63, 3.8) is 0 Å². The first kappa shape index (κ1) is 21.5. The number of aliphatic hydroxyl groups excluding tert-OH is 1. The van der Waals surface area contributed by atoms with Gasteiger partial charge in [-0.1, -0.05) is 12.1 Å². The molecule has 29 heavy (non-hydrogen) atoms. The fraction of sp³-hybridized carbons (Fsp3) is 0.176. The van der Waals surface area contributed by atoms with Gasteiger partial charge in [0.25, 0.3) is 15.9 Å². The van der Waals surface area contributed by atoms with Crippen molar-refractivity contribution in [2.75, 3.05) is 6.54 Å². The number of fused-ring (bicyclic) bond motifs is 1. The Morgan fingerprint density at radius 3 is 2.66 bits per heavy atom. The minimum atomic E-state index is -4.57. The highest BCUT2D eigenvalue weighted by Crippen LogP contribution is 2.31. The molecule has 3 N–H and O–H groups in total. The third-order valence-electron chi connectivity index (χ3n) is 3.94. The number of halogens is 4. The largest absolute Gasteiger partial charge is 0.416 e. The van der Waals surface area contributed by atoms with Crippen molar-refractivity contribution in [3.8, 4) is 0 Å². The van der Waals surface area contributed by atoms with Crippen molar-refractivity contribution in [2.45, 2.75) is 17.2 Å². The molecule has 0 aliphatic carbocycles. The van der Waals surface area contributed by atoms with E-state index in [1.54, 1.807) is 6.07 Å². The summed E-state index contributed by atoms with van der Waals surface area (Å²) < 4.78 is 65.6. The smallest absolute Gasteiger partial charge is 0.387 e. The van der Waals surface area contributed by atoms with Crippen molar-refractivity contribution in [1.82, 2.24) is 10.0 Å². The van der Waals surface area contributed by atoms with Crippen LogP contribution in [0.1, 0.15) is 17.2 Å². The minimum Gasteiger partial charge on any atom is -0.387 e. The zero-order chi connectivity index (χ0) is 21.4. The predicted molar refractivity (Wildman–Crippen MR) is 106 cm³/mol. The molecular formula is C17H13F3IN3O4S. The van der Waals surface area contributed by atoms with E-state index in [0.29, 0.717) is 3.57 Å². The van der Waals surface area contributed by atoms with Gasteiger partial charge < -0.3 is 10.4 Å². The van der Waals surface area contributed by atoms with Crippen molar-refractivity contribution in [1.29, 1.82) is 0 Å². The lowest BCUT2D eigenvalue weighted by atomic mass is 10.1. The fourth-order valence-electron chi connectivity index (χ4n) is 2.53. The first-order chi connectivity index (χ1) is 13.5. The number of carbonyl (C=O) groups is 1. The summed E-state index contributed by atoms with van der Waals surface area (Å²) in [6.45, 7) is -0.444. The van der Waals surface area contributed by atoms with Crippen LogP contribution in [0.15, 0.2) is 52.4 Å². The van der Waals surface area contributed by atoms with Crippen molar-refractivity contribution < 1.29 is 31.5 Å². The molecule has 2 aromatic carbocycles. The highest BCUT2D eigenvalue weighted by molar-refractivity contribution is 14.1. The standard InChI is InChI=1S/C17H13F3IN3O4S/c18-17(19,20)10-3-1-2-9(6-10)13(25)8-22-16(26)15-23-12-5-4-11(21)7-14(12)29(27,28)24-15/h1-7,13,25H,8H2,(H,22,26)(H,23,24). The third kappa shape index (κ3) is 4.87. The van der Waals surface area contributed by atoms with Gasteiger partial charge in [0.15, 0.2) is 0 Å². The number of amidine groups is 1. The molecule has 2 aromatic rings. The molecule has 1 unspecified atom stereocenters. The highest BCUT2D eigenvalue weighted by atomic mass is 127. The first-order valence-corrected chi connectivity index (χ1v) is 10.6. The molecule has 0 saturated carbocycles. The van der Waals surface area contributed by atoms with Gasteiger partial charge in [-0.05, 0) is 58.5 Å². The Kier molecular flexibility index (Phi) is 5.87. The van der Waals surface area contributed by atoms with Gasteiger partial charge in [-0.15, -0.1) is 0 Å². The van der Waals surface area contributed by atoms with Crippen LogP contribution in [0.5, 0.6) is 0 Å². The number of rotatable bonds is 4. The summed E-state index contributed by atoms with van der Waals surface area (Å²) in [5, 5.41) is 12.3. The molecule has 0 bridgehead atoms. The van der Waals surface area contributed by atoms with Gasteiger partial charge in [-0.2, -0.15) is 13.2 Å². The number of carbonyl (C=O) groups excluding carboxylic acids is 1. The lowest BCUT2D eigenvalue weighted by Crippen LogP contribution is -2.45. The Bertz CT molecular complexity index is 1100. The average Bonchev–Trinajstić information content (AvgIpc) is 2.65. The monoisotopic (exact) mass is 539 g/mol. The second-order valence-corrected chi connectivity index (χ2v) is 8.92. The molecule has 1 aliphatic rings. The number of benzene rings is 2. The number of alkyl halides is 3. The molecule has 7 nitrogen and oxygen atoms in total. The number of aliphatic hydroxyl groups is 1. The molecule has 0 aromatic heterocycles. The summed E-state index contributed by atoms with van der Waals surface area (Å²) in [6, 6.07) is 8.52. The molecule has 1 aliphatic heterocycles. The Morgan fingerprint density at radius 1 is 1.24 bits per heavy atom. The minimum absolute atomic E-state index is 0.0498. The SMILES string of the molecule is O=C(NCC(O)c1cccc(C(F)(F)F)c1)C1=Nc2ccc(I)cc2S(=O)(=O)N1. The number of nitrogens with one attached hydrogen (secondary N) is 2. The van der Waals surface area contributed by atoms with Gasteiger partial charge in [-0.3, -0.25) is 9.52 Å². The van der Waals surface area contributed by atoms with Crippen LogP contribution in [0.25, 0.3) is 0 Å². The number of nitrogens with zero attached hydrogens (tertiary/aromatic N) is 1. The molecule has 3 rings (SSSR count). The Labute approximate surface area is 177 Å². The first-order valence-electron chi connectivity index (χ1n) is 8.02. The maximum Gasteiger partial charge on any atom is 0.416 e. The maximum absolute atomic E-state index is 12.8. The molecule has 0 saturated heterocycles. The summed E-state index contributed by atoms with van der Waals surface area (Å²) in [6.07, 6.45) is -6.00.